The van der Waals surface area contributed by atoms with Gasteiger partial charge in [0, 0.05) is 6.54 Å². The summed E-state index contributed by atoms with van der Waals surface area (Å²) in [4.78, 5) is 25.2. The lowest BCUT2D eigenvalue weighted by Crippen LogP contribution is -2.49. The van der Waals surface area contributed by atoms with E-state index < -0.39 is 6.10 Å². The van der Waals surface area contributed by atoms with E-state index in [0.29, 0.717) is 29.9 Å². The summed E-state index contributed by atoms with van der Waals surface area (Å²) < 4.78 is 16.3. The summed E-state index contributed by atoms with van der Waals surface area (Å²) in [6.07, 6.45) is 5.23. The first kappa shape index (κ1) is 17.8. The zero-order chi connectivity index (χ0) is 19.3. The molecular weight excluding hydrogens is 358 g/mol. The summed E-state index contributed by atoms with van der Waals surface area (Å²) in [6, 6.07) is 5.58. The zero-order valence-electron chi connectivity index (χ0n) is 16.2. The molecule has 5 aliphatic rings. The highest BCUT2D eigenvalue weighted by atomic mass is 16.7. The van der Waals surface area contributed by atoms with Crippen LogP contribution in [-0.4, -0.2) is 24.8 Å². The molecule has 28 heavy (non-hydrogen) atoms. The number of nitrogens with one attached hydrogen (secondary N) is 1. The molecule has 1 atom stereocenters. The van der Waals surface area contributed by atoms with Gasteiger partial charge in [-0.2, -0.15) is 0 Å². The number of hydrogen-bond donors (Lipinski definition) is 1. The first-order valence-corrected chi connectivity index (χ1v) is 10.4. The van der Waals surface area contributed by atoms with Crippen molar-refractivity contribution in [2.24, 2.45) is 29.6 Å². The molecule has 1 aliphatic heterocycles. The molecule has 4 bridgehead atoms. The van der Waals surface area contributed by atoms with E-state index in [2.05, 4.69) is 5.32 Å². The molecule has 4 aliphatic carbocycles. The molecule has 6 rings (SSSR count). The van der Waals surface area contributed by atoms with Gasteiger partial charge in [0.15, 0.2) is 17.6 Å². The third kappa shape index (κ3) is 3.23. The van der Waals surface area contributed by atoms with E-state index in [-0.39, 0.29) is 24.6 Å². The standard InChI is InChI=1S/C22H27NO5/c1-12(21(24)23-10-13-2-3-18-19(9-13)27-11-26-18)28-22(25)20-16-5-14-4-15(7-16)8-17(20)6-14/h2-3,9,12,14-17,20H,4-8,10-11H2,1H3,(H,23,24)/t12-,14?,15?,16?,17?,20?/m0/s1. The average Bonchev–Trinajstić information content (AvgIpc) is 3.13. The Balaban J connectivity index is 1.15. The number of amides is 1. The Labute approximate surface area is 164 Å². The molecule has 6 nitrogen and oxygen atoms in total. The topological polar surface area (TPSA) is 73.9 Å². The molecule has 4 fully saturated rings. The predicted molar refractivity (Wildman–Crippen MR) is 101 cm³/mol. The minimum Gasteiger partial charge on any atom is -0.454 e. The van der Waals surface area contributed by atoms with Gasteiger partial charge >= 0.3 is 5.97 Å². The van der Waals surface area contributed by atoms with Crippen molar-refractivity contribution in [3.05, 3.63) is 23.8 Å². The summed E-state index contributed by atoms with van der Waals surface area (Å²) >= 11 is 0. The Morgan fingerprint density at radius 3 is 2.46 bits per heavy atom. The summed E-state index contributed by atoms with van der Waals surface area (Å²) in [5, 5.41) is 2.85. The second-order valence-corrected chi connectivity index (χ2v) is 8.94. The molecule has 1 aromatic carbocycles. The van der Waals surface area contributed by atoms with E-state index in [1.54, 1.807) is 6.92 Å². The van der Waals surface area contributed by atoms with Crippen molar-refractivity contribution < 1.29 is 23.8 Å². The van der Waals surface area contributed by atoms with Crippen molar-refractivity contribution in [1.82, 2.24) is 5.32 Å². The molecule has 0 radical (unpaired) electrons. The van der Waals surface area contributed by atoms with Gasteiger partial charge in [-0.3, -0.25) is 9.59 Å². The molecule has 1 amide bonds. The van der Waals surface area contributed by atoms with Crippen LogP contribution in [0.2, 0.25) is 0 Å². The van der Waals surface area contributed by atoms with Gasteiger partial charge in [0.25, 0.3) is 5.91 Å². The van der Waals surface area contributed by atoms with Gasteiger partial charge in [-0.15, -0.1) is 0 Å². The highest BCUT2D eigenvalue weighted by molar-refractivity contribution is 5.84. The molecule has 1 N–H and O–H groups in total. The predicted octanol–water partition coefficient (Wildman–Crippen LogP) is 3.04. The Morgan fingerprint density at radius 2 is 1.75 bits per heavy atom. The van der Waals surface area contributed by atoms with Gasteiger partial charge in [-0.1, -0.05) is 6.07 Å². The minimum absolute atomic E-state index is 0.00286. The lowest BCUT2D eigenvalue weighted by molar-refractivity contribution is -0.170. The van der Waals surface area contributed by atoms with Crippen LogP contribution in [0.25, 0.3) is 0 Å². The molecule has 0 aromatic heterocycles. The molecule has 0 unspecified atom stereocenters. The number of rotatable bonds is 5. The number of esters is 1. The molecule has 150 valence electrons. The van der Waals surface area contributed by atoms with E-state index in [0.717, 1.165) is 43.1 Å². The molecule has 0 spiro atoms. The number of carbonyl (C=O) groups is 2. The maximum absolute atomic E-state index is 12.8. The Morgan fingerprint density at radius 1 is 1.07 bits per heavy atom. The number of ether oxygens (including phenoxy) is 3. The largest absolute Gasteiger partial charge is 0.454 e. The van der Waals surface area contributed by atoms with Gasteiger partial charge < -0.3 is 19.5 Å². The third-order valence-corrected chi connectivity index (χ3v) is 7.06. The van der Waals surface area contributed by atoms with Crippen LogP contribution >= 0.6 is 0 Å². The van der Waals surface area contributed by atoms with Crippen LogP contribution in [0.4, 0.5) is 0 Å². The van der Waals surface area contributed by atoms with E-state index >= 15 is 0 Å². The van der Waals surface area contributed by atoms with Gasteiger partial charge in [0.1, 0.15) is 0 Å². The highest BCUT2D eigenvalue weighted by Gasteiger charge is 2.51. The molecule has 6 heteroatoms. The van der Waals surface area contributed by atoms with E-state index in [1.807, 2.05) is 18.2 Å². The van der Waals surface area contributed by atoms with Crippen LogP contribution in [0.3, 0.4) is 0 Å². The highest BCUT2D eigenvalue weighted by Crippen LogP contribution is 2.56. The smallest absolute Gasteiger partial charge is 0.310 e. The Hall–Kier alpha value is -2.24. The molecule has 1 heterocycles. The maximum atomic E-state index is 12.8. The Bertz CT molecular complexity index is 763. The van der Waals surface area contributed by atoms with Crippen LogP contribution in [0, 0.1) is 29.6 Å². The third-order valence-electron chi connectivity index (χ3n) is 7.06. The van der Waals surface area contributed by atoms with Gasteiger partial charge in [-0.05, 0) is 80.4 Å². The summed E-state index contributed by atoms with van der Waals surface area (Å²) in [5.41, 5.74) is 0.914. The number of carbonyl (C=O) groups excluding carboxylic acids is 2. The van der Waals surface area contributed by atoms with Crippen molar-refractivity contribution in [3.8, 4) is 11.5 Å². The van der Waals surface area contributed by atoms with Gasteiger partial charge in [-0.25, -0.2) is 0 Å². The van der Waals surface area contributed by atoms with Crippen LogP contribution < -0.4 is 14.8 Å². The van der Waals surface area contributed by atoms with Crippen LogP contribution in [0.1, 0.15) is 44.6 Å². The van der Waals surface area contributed by atoms with Crippen molar-refractivity contribution in [3.63, 3.8) is 0 Å². The molecule has 4 saturated carbocycles. The van der Waals surface area contributed by atoms with E-state index in [1.165, 1.54) is 6.42 Å². The van der Waals surface area contributed by atoms with E-state index in [4.69, 9.17) is 14.2 Å². The van der Waals surface area contributed by atoms with Gasteiger partial charge in [0.2, 0.25) is 6.79 Å². The fourth-order valence-corrected chi connectivity index (χ4v) is 6.00. The summed E-state index contributed by atoms with van der Waals surface area (Å²) in [6.45, 7) is 2.24. The maximum Gasteiger partial charge on any atom is 0.310 e. The second-order valence-electron chi connectivity index (χ2n) is 8.94. The second kappa shape index (κ2) is 6.98. The molecular formula is C22H27NO5. The van der Waals surface area contributed by atoms with Crippen molar-refractivity contribution in [2.45, 2.75) is 51.7 Å². The normalized spacial score (nSPS) is 32.8. The van der Waals surface area contributed by atoms with Crippen molar-refractivity contribution in [1.29, 1.82) is 0 Å². The van der Waals surface area contributed by atoms with Crippen molar-refractivity contribution in [2.75, 3.05) is 6.79 Å². The minimum atomic E-state index is -0.779. The zero-order valence-corrected chi connectivity index (χ0v) is 16.2. The summed E-state index contributed by atoms with van der Waals surface area (Å²) in [7, 11) is 0. The average molecular weight is 385 g/mol. The molecule has 0 saturated heterocycles. The van der Waals surface area contributed by atoms with E-state index in [9.17, 15) is 9.59 Å². The first-order chi connectivity index (χ1) is 13.6. The summed E-state index contributed by atoms with van der Waals surface area (Å²) in [5.74, 6) is 3.52. The van der Waals surface area contributed by atoms with Crippen LogP contribution in [0.5, 0.6) is 11.5 Å². The van der Waals surface area contributed by atoms with Crippen molar-refractivity contribution >= 4 is 11.9 Å². The monoisotopic (exact) mass is 385 g/mol. The lowest BCUT2D eigenvalue weighted by Gasteiger charge is -2.53. The van der Waals surface area contributed by atoms with Gasteiger partial charge in [0.05, 0.1) is 5.92 Å². The Kier molecular flexibility index (Phi) is 4.44. The number of hydrogen-bond acceptors (Lipinski definition) is 5. The lowest BCUT2D eigenvalue weighted by atomic mass is 9.52. The number of fused-ring (bicyclic) bond motifs is 1. The fourth-order valence-electron chi connectivity index (χ4n) is 6.00. The quantitative estimate of drug-likeness (QED) is 0.789. The van der Waals surface area contributed by atoms with Crippen LogP contribution in [0.15, 0.2) is 18.2 Å². The molecule has 1 aromatic rings. The SMILES string of the molecule is C[C@H](OC(=O)C1C2CC3CC(C2)CC1C3)C(=O)NCc1ccc2c(c1)OCO2. The number of benzene rings is 1. The van der Waals surface area contributed by atoms with Crippen LogP contribution in [-0.2, 0) is 20.9 Å². The fraction of sp³-hybridized carbons (Fsp3) is 0.636. The first-order valence-electron chi connectivity index (χ1n) is 10.4.